The molecule has 3 rings (SSSR count). The number of hydrogen-bond donors (Lipinski definition) is 2. The fourth-order valence-corrected chi connectivity index (χ4v) is 3.73. The number of benzene rings is 1. The van der Waals surface area contributed by atoms with Gasteiger partial charge in [-0.05, 0) is 57.1 Å². The first kappa shape index (κ1) is 20.8. The lowest BCUT2D eigenvalue weighted by Crippen LogP contribution is -2.45. The van der Waals surface area contributed by atoms with E-state index in [0.29, 0.717) is 13.1 Å². The van der Waals surface area contributed by atoms with Crippen molar-refractivity contribution < 1.29 is 13.5 Å². The molecule has 2 fully saturated rings. The van der Waals surface area contributed by atoms with Gasteiger partial charge in [0, 0.05) is 45.4 Å². The third-order valence-corrected chi connectivity index (χ3v) is 5.64. The smallest absolute Gasteiger partial charge is 0.191 e. The summed E-state index contributed by atoms with van der Waals surface area (Å²) in [6, 6.07) is 4.12. The summed E-state index contributed by atoms with van der Waals surface area (Å²) in [7, 11) is 0. The van der Waals surface area contributed by atoms with Crippen LogP contribution in [0.15, 0.2) is 23.2 Å². The Morgan fingerprint density at radius 1 is 1.29 bits per heavy atom. The van der Waals surface area contributed by atoms with Gasteiger partial charge in [0.15, 0.2) is 5.96 Å². The Kier molecular flexibility index (Phi) is 7.10. The molecule has 0 radical (unpaired) electrons. The number of para-hydroxylation sites is 1. The van der Waals surface area contributed by atoms with Crippen molar-refractivity contribution in [1.82, 2.24) is 10.6 Å². The van der Waals surface area contributed by atoms with Gasteiger partial charge in [-0.2, -0.15) is 0 Å². The van der Waals surface area contributed by atoms with Crippen molar-refractivity contribution in [3.05, 3.63) is 29.8 Å². The predicted molar refractivity (Wildman–Crippen MR) is 109 cm³/mol. The van der Waals surface area contributed by atoms with Crippen molar-refractivity contribution in [2.45, 2.75) is 45.6 Å². The minimum absolute atomic E-state index is 0.0709. The molecule has 1 aromatic carbocycles. The van der Waals surface area contributed by atoms with Crippen molar-refractivity contribution in [1.29, 1.82) is 0 Å². The maximum absolute atomic E-state index is 14.1. The highest BCUT2D eigenvalue weighted by atomic mass is 19.1. The molecule has 1 atom stereocenters. The van der Waals surface area contributed by atoms with Crippen LogP contribution in [0.2, 0.25) is 0 Å². The van der Waals surface area contributed by atoms with E-state index in [1.807, 2.05) is 13.8 Å². The third kappa shape index (κ3) is 5.34. The number of anilines is 1. The van der Waals surface area contributed by atoms with Crippen molar-refractivity contribution >= 4 is 11.6 Å². The highest BCUT2D eigenvalue weighted by Gasteiger charge is 2.42. The van der Waals surface area contributed by atoms with Gasteiger partial charge in [-0.15, -0.1) is 0 Å². The molecule has 0 amide bonds. The maximum atomic E-state index is 14.1. The van der Waals surface area contributed by atoms with Crippen LogP contribution in [0, 0.1) is 17.0 Å². The molecular formula is C21H32F2N4O. The molecule has 1 unspecified atom stereocenters. The normalized spacial score (nSPS) is 21.1. The van der Waals surface area contributed by atoms with Crippen molar-refractivity contribution in [2.24, 2.45) is 10.4 Å². The van der Waals surface area contributed by atoms with Gasteiger partial charge in [0.05, 0.1) is 0 Å². The van der Waals surface area contributed by atoms with Gasteiger partial charge in [0.2, 0.25) is 0 Å². The van der Waals surface area contributed by atoms with E-state index in [9.17, 15) is 8.78 Å². The van der Waals surface area contributed by atoms with Crippen LogP contribution in [0.3, 0.4) is 0 Å². The zero-order chi connectivity index (χ0) is 20.0. The summed E-state index contributed by atoms with van der Waals surface area (Å²) in [5.74, 6) is -0.233. The van der Waals surface area contributed by atoms with E-state index in [2.05, 4.69) is 10.6 Å². The molecular weight excluding hydrogens is 362 g/mol. The Balaban J connectivity index is 1.56. The second kappa shape index (κ2) is 9.54. The maximum Gasteiger partial charge on any atom is 0.191 e. The van der Waals surface area contributed by atoms with E-state index in [1.54, 1.807) is 4.90 Å². The van der Waals surface area contributed by atoms with Gasteiger partial charge in [0.1, 0.15) is 17.3 Å². The van der Waals surface area contributed by atoms with Crippen LogP contribution in [0.4, 0.5) is 14.5 Å². The Morgan fingerprint density at radius 3 is 2.68 bits per heavy atom. The molecule has 0 aromatic heterocycles. The second-order valence-corrected chi connectivity index (χ2v) is 7.79. The number of aliphatic imine (C=N–C) groups is 1. The van der Waals surface area contributed by atoms with Crippen molar-refractivity contribution in [3.63, 3.8) is 0 Å². The minimum Gasteiger partial charge on any atom is -0.382 e. The van der Waals surface area contributed by atoms with Gasteiger partial charge in [-0.3, -0.25) is 4.99 Å². The van der Waals surface area contributed by atoms with Crippen LogP contribution >= 0.6 is 0 Å². The number of halogens is 2. The van der Waals surface area contributed by atoms with Crippen LogP contribution in [-0.2, 0) is 4.74 Å². The van der Waals surface area contributed by atoms with E-state index >= 15 is 0 Å². The molecule has 1 heterocycles. The fourth-order valence-electron chi connectivity index (χ4n) is 3.73. The molecule has 2 aliphatic rings. The molecule has 28 heavy (non-hydrogen) atoms. The summed E-state index contributed by atoms with van der Waals surface area (Å²) in [4.78, 5) is 6.57. The summed E-state index contributed by atoms with van der Waals surface area (Å²) in [6.07, 6.45) is 4.26. The molecule has 0 bridgehead atoms. The van der Waals surface area contributed by atoms with Gasteiger partial charge >= 0.3 is 0 Å². The number of ether oxygens (including phenoxy) is 1. The highest BCUT2D eigenvalue weighted by Crippen LogP contribution is 2.49. The first-order chi connectivity index (χ1) is 13.6. The van der Waals surface area contributed by atoms with Gasteiger partial charge < -0.3 is 20.3 Å². The molecule has 1 aliphatic carbocycles. The lowest BCUT2D eigenvalue weighted by molar-refractivity contribution is 0.129. The van der Waals surface area contributed by atoms with Gasteiger partial charge in [-0.25, -0.2) is 8.78 Å². The zero-order valence-electron chi connectivity index (χ0n) is 16.9. The summed E-state index contributed by atoms with van der Waals surface area (Å²) in [5, 5.41) is 6.74. The summed E-state index contributed by atoms with van der Waals surface area (Å²) >= 11 is 0. The van der Waals surface area contributed by atoms with Crippen molar-refractivity contribution in [2.75, 3.05) is 44.3 Å². The minimum atomic E-state index is -0.508. The molecule has 1 saturated carbocycles. The van der Waals surface area contributed by atoms with Crippen LogP contribution in [-0.4, -0.2) is 51.4 Å². The first-order valence-corrected chi connectivity index (χ1v) is 10.4. The van der Waals surface area contributed by atoms with Gasteiger partial charge in [0.25, 0.3) is 0 Å². The quantitative estimate of drug-likeness (QED) is 0.383. The average Bonchev–Trinajstić information content (AvgIpc) is 3.30. The van der Waals surface area contributed by atoms with E-state index in [4.69, 9.17) is 9.73 Å². The molecule has 1 saturated heterocycles. The summed E-state index contributed by atoms with van der Waals surface area (Å²) in [6.45, 7) is 8.33. The predicted octanol–water partition coefficient (Wildman–Crippen LogP) is 3.31. The van der Waals surface area contributed by atoms with Gasteiger partial charge in [-0.1, -0.05) is 6.07 Å². The SMILES string of the molecule is CCNC(=NCC1(CCOCC)CC1)NC1CCN(c2c(F)cccc2F)C1. The molecule has 1 aromatic rings. The monoisotopic (exact) mass is 394 g/mol. The fraction of sp³-hybridized carbons (Fsp3) is 0.667. The van der Waals surface area contributed by atoms with Crippen molar-refractivity contribution in [3.8, 4) is 0 Å². The molecule has 156 valence electrons. The molecule has 2 N–H and O–H groups in total. The van der Waals surface area contributed by atoms with E-state index in [1.165, 1.54) is 31.0 Å². The summed E-state index contributed by atoms with van der Waals surface area (Å²) < 4.78 is 33.6. The standard InChI is InChI=1S/C21H32F2N4O/c1-3-24-20(25-15-21(9-10-21)11-13-28-4-2)26-16-8-12-27(14-16)19-17(22)6-5-7-18(19)23/h5-7,16H,3-4,8-15H2,1-2H3,(H2,24,25,26). The average molecular weight is 395 g/mol. The number of guanidine groups is 1. The molecule has 1 aliphatic heterocycles. The molecule has 0 spiro atoms. The number of nitrogens with zero attached hydrogens (tertiary/aromatic N) is 2. The van der Waals surface area contributed by atoms with Crippen LogP contribution < -0.4 is 15.5 Å². The lowest BCUT2D eigenvalue weighted by atomic mass is 10.0. The highest BCUT2D eigenvalue weighted by molar-refractivity contribution is 5.80. The summed E-state index contributed by atoms with van der Waals surface area (Å²) in [5.41, 5.74) is 0.358. The van der Waals surface area contributed by atoms with Crippen LogP contribution in [0.25, 0.3) is 0 Å². The Bertz CT molecular complexity index is 658. The van der Waals surface area contributed by atoms with E-state index in [-0.39, 0.29) is 17.1 Å². The Labute approximate surface area is 166 Å². The third-order valence-electron chi connectivity index (χ3n) is 5.64. The number of nitrogens with one attached hydrogen (secondary N) is 2. The number of rotatable bonds is 9. The number of hydrogen-bond acceptors (Lipinski definition) is 3. The van der Waals surface area contributed by atoms with E-state index in [0.717, 1.165) is 45.1 Å². The first-order valence-electron chi connectivity index (χ1n) is 10.4. The Morgan fingerprint density at radius 2 is 2.04 bits per heavy atom. The molecule has 5 nitrogen and oxygen atoms in total. The molecule has 7 heteroatoms. The zero-order valence-corrected chi connectivity index (χ0v) is 16.9. The van der Waals surface area contributed by atoms with Crippen LogP contribution in [0.5, 0.6) is 0 Å². The largest absolute Gasteiger partial charge is 0.382 e. The van der Waals surface area contributed by atoms with Crippen LogP contribution in [0.1, 0.15) is 39.5 Å². The lowest BCUT2D eigenvalue weighted by Gasteiger charge is -2.21. The van der Waals surface area contributed by atoms with E-state index < -0.39 is 11.6 Å². The Hall–Kier alpha value is -1.89. The topological polar surface area (TPSA) is 48.9 Å². The second-order valence-electron chi connectivity index (χ2n) is 7.79.